The summed E-state index contributed by atoms with van der Waals surface area (Å²) in [4.78, 5) is 29.4. The molecule has 1 saturated heterocycles. The predicted molar refractivity (Wildman–Crippen MR) is 102 cm³/mol. The summed E-state index contributed by atoms with van der Waals surface area (Å²) in [5.41, 5.74) is 2.13. The third kappa shape index (κ3) is 6.23. The van der Waals surface area contributed by atoms with Crippen LogP contribution in [0, 0.1) is 0 Å². The number of nitrogens with zero attached hydrogens (tertiary/aromatic N) is 3. The number of rotatable bonds is 6. The fourth-order valence-corrected chi connectivity index (χ4v) is 2.74. The van der Waals surface area contributed by atoms with Crippen molar-refractivity contribution in [2.24, 2.45) is 0 Å². The molecule has 0 aliphatic carbocycles. The molecule has 0 atom stereocenters. The maximum absolute atomic E-state index is 11.9. The minimum atomic E-state index is -0.0842. The van der Waals surface area contributed by atoms with Crippen molar-refractivity contribution in [1.29, 1.82) is 0 Å². The standard InChI is InChI=1S/C19H28N4O2/c1-16(24)23-14-12-22(13-15-23)11-10-20-19(25)9-6-17-4-7-18(8-5-17)21(2)3/h4-9H,10-15H2,1-3H3,(H,20,25). The summed E-state index contributed by atoms with van der Waals surface area (Å²) in [5, 5.41) is 2.91. The summed E-state index contributed by atoms with van der Waals surface area (Å²) in [6.07, 6.45) is 3.39. The Morgan fingerprint density at radius 1 is 1.12 bits per heavy atom. The van der Waals surface area contributed by atoms with Gasteiger partial charge in [-0.15, -0.1) is 0 Å². The fraction of sp³-hybridized carbons (Fsp3) is 0.474. The molecule has 1 aliphatic rings. The molecule has 0 unspecified atom stereocenters. The van der Waals surface area contributed by atoms with E-state index in [1.807, 2.05) is 54.2 Å². The highest BCUT2D eigenvalue weighted by Gasteiger charge is 2.17. The zero-order valence-electron chi connectivity index (χ0n) is 15.4. The Bertz CT molecular complexity index is 602. The van der Waals surface area contributed by atoms with Gasteiger partial charge in [-0.2, -0.15) is 0 Å². The van der Waals surface area contributed by atoms with Gasteiger partial charge >= 0.3 is 0 Å². The van der Waals surface area contributed by atoms with Crippen LogP contribution in [0.3, 0.4) is 0 Å². The third-order valence-electron chi connectivity index (χ3n) is 4.38. The van der Waals surface area contributed by atoms with E-state index in [2.05, 4.69) is 10.2 Å². The number of carbonyl (C=O) groups excluding carboxylic acids is 2. The Kier molecular flexibility index (Phi) is 7.01. The lowest BCUT2D eigenvalue weighted by Gasteiger charge is -2.34. The van der Waals surface area contributed by atoms with E-state index in [1.165, 1.54) is 0 Å². The van der Waals surface area contributed by atoms with Crippen molar-refractivity contribution in [3.8, 4) is 0 Å². The monoisotopic (exact) mass is 344 g/mol. The Morgan fingerprint density at radius 3 is 2.32 bits per heavy atom. The minimum Gasteiger partial charge on any atom is -0.378 e. The van der Waals surface area contributed by atoms with Crippen LogP contribution in [0.5, 0.6) is 0 Å². The Morgan fingerprint density at radius 2 is 1.76 bits per heavy atom. The van der Waals surface area contributed by atoms with Crippen molar-refractivity contribution in [1.82, 2.24) is 15.1 Å². The van der Waals surface area contributed by atoms with E-state index >= 15 is 0 Å². The highest BCUT2D eigenvalue weighted by molar-refractivity contribution is 5.91. The molecule has 1 aliphatic heterocycles. The molecule has 1 aromatic rings. The maximum atomic E-state index is 11.9. The zero-order valence-corrected chi connectivity index (χ0v) is 15.4. The van der Waals surface area contributed by atoms with Crippen molar-refractivity contribution >= 4 is 23.6 Å². The molecule has 1 heterocycles. The number of carbonyl (C=O) groups is 2. The molecular formula is C19H28N4O2. The lowest BCUT2D eigenvalue weighted by molar-refractivity contribution is -0.130. The zero-order chi connectivity index (χ0) is 18.2. The first-order chi connectivity index (χ1) is 12.0. The third-order valence-corrected chi connectivity index (χ3v) is 4.38. The molecule has 1 aromatic carbocycles. The van der Waals surface area contributed by atoms with Gasteiger partial charge in [-0.3, -0.25) is 14.5 Å². The van der Waals surface area contributed by atoms with Crippen molar-refractivity contribution < 1.29 is 9.59 Å². The van der Waals surface area contributed by atoms with Crippen LogP contribution in [0.15, 0.2) is 30.3 Å². The van der Waals surface area contributed by atoms with E-state index in [9.17, 15) is 9.59 Å². The summed E-state index contributed by atoms with van der Waals surface area (Å²) in [6.45, 7) is 6.30. The number of hydrogen-bond donors (Lipinski definition) is 1. The van der Waals surface area contributed by atoms with Gasteiger partial charge in [0, 0.05) is 72.1 Å². The molecule has 2 amide bonds. The second-order valence-electron chi connectivity index (χ2n) is 6.46. The van der Waals surface area contributed by atoms with Gasteiger partial charge in [0.15, 0.2) is 0 Å². The molecule has 1 N–H and O–H groups in total. The number of hydrogen-bond acceptors (Lipinski definition) is 4. The topological polar surface area (TPSA) is 55.9 Å². The summed E-state index contributed by atoms with van der Waals surface area (Å²) in [5.74, 6) is 0.0516. The van der Waals surface area contributed by atoms with E-state index in [0.717, 1.165) is 44.0 Å². The average molecular weight is 344 g/mol. The van der Waals surface area contributed by atoms with Crippen LogP contribution in [-0.2, 0) is 9.59 Å². The average Bonchev–Trinajstić information content (AvgIpc) is 2.60. The van der Waals surface area contributed by atoms with E-state index < -0.39 is 0 Å². The van der Waals surface area contributed by atoms with Crippen molar-refractivity contribution in [3.63, 3.8) is 0 Å². The molecule has 0 spiro atoms. The maximum Gasteiger partial charge on any atom is 0.244 e. The minimum absolute atomic E-state index is 0.0842. The SMILES string of the molecule is CC(=O)N1CCN(CCNC(=O)C=Cc2ccc(N(C)C)cc2)CC1. The molecule has 6 heteroatoms. The highest BCUT2D eigenvalue weighted by atomic mass is 16.2. The second-order valence-corrected chi connectivity index (χ2v) is 6.46. The molecular weight excluding hydrogens is 316 g/mol. The number of anilines is 1. The van der Waals surface area contributed by atoms with Gasteiger partial charge < -0.3 is 15.1 Å². The van der Waals surface area contributed by atoms with Gasteiger partial charge in [-0.1, -0.05) is 12.1 Å². The van der Waals surface area contributed by atoms with Crippen LogP contribution in [0.25, 0.3) is 6.08 Å². The van der Waals surface area contributed by atoms with Crippen LogP contribution >= 0.6 is 0 Å². The van der Waals surface area contributed by atoms with Crippen molar-refractivity contribution in [3.05, 3.63) is 35.9 Å². The summed E-state index contributed by atoms with van der Waals surface area (Å²) in [6, 6.07) is 8.04. The first-order valence-corrected chi connectivity index (χ1v) is 8.67. The van der Waals surface area contributed by atoms with Crippen molar-refractivity contribution in [2.45, 2.75) is 6.92 Å². The van der Waals surface area contributed by atoms with Crippen LogP contribution in [0.2, 0.25) is 0 Å². The van der Waals surface area contributed by atoms with Gasteiger partial charge in [0.25, 0.3) is 0 Å². The second kappa shape index (κ2) is 9.22. The van der Waals surface area contributed by atoms with Crippen LogP contribution in [-0.4, -0.2) is 75.0 Å². The van der Waals surface area contributed by atoms with Gasteiger partial charge in [0.2, 0.25) is 11.8 Å². The predicted octanol–water partition coefficient (Wildman–Crippen LogP) is 1.05. The van der Waals surface area contributed by atoms with Crippen molar-refractivity contribution in [2.75, 3.05) is 58.3 Å². The fourth-order valence-electron chi connectivity index (χ4n) is 2.74. The van der Waals surface area contributed by atoms with Crippen LogP contribution in [0.1, 0.15) is 12.5 Å². The molecule has 1 fully saturated rings. The smallest absolute Gasteiger partial charge is 0.244 e. The lowest BCUT2D eigenvalue weighted by Crippen LogP contribution is -2.49. The van der Waals surface area contributed by atoms with E-state index in [0.29, 0.717) is 6.54 Å². The van der Waals surface area contributed by atoms with Crippen LogP contribution in [0.4, 0.5) is 5.69 Å². The first kappa shape index (κ1) is 19.0. The normalized spacial score (nSPS) is 15.4. The lowest BCUT2D eigenvalue weighted by atomic mass is 10.2. The van der Waals surface area contributed by atoms with Gasteiger partial charge in [-0.05, 0) is 23.8 Å². The molecule has 0 radical (unpaired) electrons. The molecule has 6 nitrogen and oxygen atoms in total. The Labute approximate surface area is 150 Å². The number of amides is 2. The Hall–Kier alpha value is -2.34. The van der Waals surface area contributed by atoms with E-state index in [1.54, 1.807) is 13.0 Å². The summed E-state index contributed by atoms with van der Waals surface area (Å²) >= 11 is 0. The first-order valence-electron chi connectivity index (χ1n) is 8.67. The molecule has 136 valence electrons. The quantitative estimate of drug-likeness (QED) is 0.784. The van der Waals surface area contributed by atoms with Gasteiger partial charge in [0.05, 0.1) is 0 Å². The van der Waals surface area contributed by atoms with Gasteiger partial charge in [0.1, 0.15) is 0 Å². The Balaban J connectivity index is 1.68. The van der Waals surface area contributed by atoms with Crippen LogP contribution < -0.4 is 10.2 Å². The molecule has 25 heavy (non-hydrogen) atoms. The van der Waals surface area contributed by atoms with E-state index in [4.69, 9.17) is 0 Å². The largest absolute Gasteiger partial charge is 0.378 e. The summed E-state index contributed by atoms with van der Waals surface area (Å²) < 4.78 is 0. The summed E-state index contributed by atoms with van der Waals surface area (Å²) in [7, 11) is 4.00. The molecule has 2 rings (SSSR count). The number of piperazine rings is 1. The molecule has 0 aromatic heterocycles. The van der Waals surface area contributed by atoms with E-state index in [-0.39, 0.29) is 11.8 Å². The number of nitrogens with one attached hydrogen (secondary N) is 1. The molecule has 0 bridgehead atoms. The molecule has 0 saturated carbocycles. The number of benzene rings is 1. The van der Waals surface area contributed by atoms with Gasteiger partial charge in [-0.25, -0.2) is 0 Å². The highest BCUT2D eigenvalue weighted by Crippen LogP contribution is 2.13.